The Hall–Kier alpha value is -1.30. The molecule has 19 heavy (non-hydrogen) atoms. The van der Waals surface area contributed by atoms with Crippen LogP contribution in [-0.4, -0.2) is 34.2 Å². The first-order valence-corrected chi connectivity index (χ1v) is 6.88. The maximum atomic E-state index is 12.1. The fourth-order valence-corrected chi connectivity index (χ4v) is 3.96. The third-order valence-corrected chi connectivity index (χ3v) is 5.40. The Morgan fingerprint density at radius 1 is 1.63 bits per heavy atom. The smallest absolute Gasteiger partial charge is 0.416 e. The molecule has 2 rings (SSSR count). The maximum absolute atomic E-state index is 12.1. The van der Waals surface area contributed by atoms with E-state index in [1.807, 2.05) is 22.6 Å². The van der Waals surface area contributed by atoms with Gasteiger partial charge in [-0.2, -0.15) is 5.26 Å². The first kappa shape index (κ1) is 14.1. The number of carbonyl (C=O) groups excluding carboxylic acids is 2. The van der Waals surface area contributed by atoms with Crippen LogP contribution in [0, 0.1) is 22.2 Å². The van der Waals surface area contributed by atoms with Crippen molar-refractivity contribution in [1.29, 1.82) is 5.26 Å². The number of methoxy groups -OCH3 is 1. The van der Waals surface area contributed by atoms with Crippen molar-refractivity contribution in [2.45, 2.75) is 24.0 Å². The van der Waals surface area contributed by atoms with E-state index in [9.17, 15) is 14.9 Å². The third kappa shape index (κ3) is 1.65. The summed E-state index contributed by atoms with van der Waals surface area (Å²) >= 11 is 2.05. The molecular weight excluding hydrogens is 363 g/mol. The molecule has 0 aromatic rings. The number of halogens is 1. The number of hydrogen-bond acceptors (Lipinski definition) is 5. The molecule has 0 radical (unpaired) electrons. The Balaban J connectivity index is 2.56. The molecule has 0 aromatic heterocycles. The van der Waals surface area contributed by atoms with Crippen LogP contribution in [0.15, 0.2) is 12.3 Å². The molecular formula is C12H13IN2O4. The van der Waals surface area contributed by atoms with Crippen LogP contribution in [0.25, 0.3) is 0 Å². The number of alkyl halides is 1. The van der Waals surface area contributed by atoms with Crippen molar-refractivity contribution in [3.8, 4) is 6.07 Å². The lowest BCUT2D eigenvalue weighted by Crippen LogP contribution is -2.64. The molecule has 0 spiro atoms. The van der Waals surface area contributed by atoms with E-state index < -0.39 is 29.1 Å². The van der Waals surface area contributed by atoms with Crippen LogP contribution >= 0.6 is 22.6 Å². The van der Waals surface area contributed by atoms with Gasteiger partial charge < -0.3 is 9.47 Å². The number of nitriles is 1. The number of ether oxygens (including phenoxy) is 2. The number of carbonyl (C=O) groups is 2. The predicted octanol–water partition coefficient (Wildman–Crippen LogP) is 1.80. The largest absolute Gasteiger partial charge is 0.452 e. The van der Waals surface area contributed by atoms with Crippen molar-refractivity contribution in [3.05, 3.63) is 12.3 Å². The minimum Gasteiger partial charge on any atom is -0.452 e. The Kier molecular flexibility index (Phi) is 3.24. The van der Waals surface area contributed by atoms with Crippen molar-refractivity contribution in [2.24, 2.45) is 10.8 Å². The highest BCUT2D eigenvalue weighted by Crippen LogP contribution is 2.54. The zero-order valence-electron chi connectivity index (χ0n) is 10.7. The normalized spacial score (nSPS) is 35.3. The summed E-state index contributed by atoms with van der Waals surface area (Å²) in [5.74, 6) is -0.495. The van der Waals surface area contributed by atoms with Gasteiger partial charge in [-0.25, -0.2) is 9.69 Å². The fourth-order valence-electron chi connectivity index (χ4n) is 2.34. The van der Waals surface area contributed by atoms with Crippen LogP contribution in [0.3, 0.4) is 0 Å². The SMILES string of the molecule is COC(=O)N1C=C[C@]2(C#N)C(I)[C@H]1OC(=O)C2(C)C. The molecule has 2 aliphatic heterocycles. The Bertz CT molecular complexity index is 510. The second-order valence-corrected chi connectivity index (χ2v) is 6.34. The second-order valence-electron chi connectivity index (χ2n) is 5.00. The van der Waals surface area contributed by atoms with Crippen LogP contribution in [-0.2, 0) is 14.3 Å². The van der Waals surface area contributed by atoms with Gasteiger partial charge in [0.25, 0.3) is 0 Å². The summed E-state index contributed by atoms with van der Waals surface area (Å²) in [5, 5.41) is 9.55. The quantitative estimate of drug-likeness (QED) is 0.366. The van der Waals surface area contributed by atoms with Gasteiger partial charge in [-0.15, -0.1) is 0 Å². The summed E-state index contributed by atoms with van der Waals surface area (Å²) in [6.45, 7) is 3.36. The molecule has 1 unspecified atom stereocenters. The molecule has 2 heterocycles. The van der Waals surface area contributed by atoms with Gasteiger partial charge in [-0.05, 0) is 19.9 Å². The van der Waals surface area contributed by atoms with Crippen molar-refractivity contribution in [3.63, 3.8) is 0 Å². The summed E-state index contributed by atoms with van der Waals surface area (Å²) in [4.78, 5) is 24.9. The molecule has 0 aromatic carbocycles. The maximum Gasteiger partial charge on any atom is 0.416 e. The molecule has 0 aliphatic carbocycles. The van der Waals surface area contributed by atoms with E-state index in [4.69, 9.17) is 4.74 Å². The van der Waals surface area contributed by atoms with Crippen molar-refractivity contribution < 1.29 is 19.1 Å². The van der Waals surface area contributed by atoms with Gasteiger partial charge in [0.05, 0.1) is 22.5 Å². The van der Waals surface area contributed by atoms with Gasteiger partial charge in [0.1, 0.15) is 5.41 Å². The van der Waals surface area contributed by atoms with Gasteiger partial charge >= 0.3 is 12.1 Å². The predicted molar refractivity (Wildman–Crippen MR) is 72.9 cm³/mol. The van der Waals surface area contributed by atoms with Crippen molar-refractivity contribution in [1.82, 2.24) is 4.90 Å². The van der Waals surface area contributed by atoms with E-state index in [1.165, 1.54) is 18.2 Å². The molecule has 2 aliphatic rings. The van der Waals surface area contributed by atoms with E-state index in [0.29, 0.717) is 0 Å². The highest BCUT2D eigenvalue weighted by atomic mass is 127. The molecule has 0 saturated carbocycles. The number of amides is 1. The van der Waals surface area contributed by atoms with Crippen LogP contribution in [0.2, 0.25) is 0 Å². The Morgan fingerprint density at radius 3 is 2.79 bits per heavy atom. The molecule has 2 bridgehead atoms. The lowest BCUT2D eigenvalue weighted by atomic mass is 9.61. The van der Waals surface area contributed by atoms with Crippen LogP contribution in [0.4, 0.5) is 4.79 Å². The summed E-state index contributed by atoms with van der Waals surface area (Å²) < 4.78 is 9.60. The minimum atomic E-state index is -1.00. The average Bonchev–Trinajstić information content (AvgIpc) is 2.38. The monoisotopic (exact) mass is 376 g/mol. The summed E-state index contributed by atoms with van der Waals surface area (Å²) in [7, 11) is 1.25. The van der Waals surface area contributed by atoms with Crippen molar-refractivity contribution in [2.75, 3.05) is 7.11 Å². The number of esters is 1. The molecule has 1 amide bonds. The van der Waals surface area contributed by atoms with Gasteiger partial charge in [0.2, 0.25) is 0 Å². The fraction of sp³-hybridized carbons (Fsp3) is 0.583. The minimum absolute atomic E-state index is 0.369. The molecule has 6 nitrogen and oxygen atoms in total. The molecule has 102 valence electrons. The Morgan fingerprint density at radius 2 is 2.26 bits per heavy atom. The van der Waals surface area contributed by atoms with Crippen LogP contribution < -0.4 is 0 Å². The van der Waals surface area contributed by atoms with Crippen LogP contribution in [0.5, 0.6) is 0 Å². The third-order valence-electron chi connectivity index (χ3n) is 3.80. The van der Waals surface area contributed by atoms with E-state index in [1.54, 1.807) is 19.9 Å². The first-order valence-electron chi connectivity index (χ1n) is 5.64. The van der Waals surface area contributed by atoms with Gasteiger partial charge in [-0.3, -0.25) is 4.79 Å². The number of allylic oxidation sites excluding steroid dienone is 1. The van der Waals surface area contributed by atoms with E-state index in [2.05, 4.69) is 10.8 Å². The highest BCUT2D eigenvalue weighted by Gasteiger charge is 2.64. The standard InChI is InChI=1S/C12H13IN2O4/c1-11(2)9(16)19-8-7(13)12(11,6-14)4-5-15(8)10(17)18-3/h4-5,7-8H,1-3H3/t7?,8-,12+/m1/s1. The first-order chi connectivity index (χ1) is 8.81. The average molecular weight is 376 g/mol. The number of nitrogens with zero attached hydrogens (tertiary/aromatic N) is 2. The topological polar surface area (TPSA) is 79.6 Å². The lowest BCUT2D eigenvalue weighted by molar-refractivity contribution is -0.186. The number of hydrogen-bond donors (Lipinski definition) is 0. The number of fused-ring (bicyclic) bond motifs is 2. The summed E-state index contributed by atoms with van der Waals surface area (Å²) in [6, 6.07) is 2.22. The molecule has 1 saturated heterocycles. The van der Waals surface area contributed by atoms with Gasteiger partial charge in [-0.1, -0.05) is 22.6 Å². The summed E-state index contributed by atoms with van der Waals surface area (Å²) in [5.41, 5.74) is -1.97. The second kappa shape index (κ2) is 4.37. The van der Waals surface area contributed by atoms with E-state index >= 15 is 0 Å². The number of rotatable bonds is 0. The molecule has 3 atom stereocenters. The zero-order valence-corrected chi connectivity index (χ0v) is 12.9. The highest BCUT2D eigenvalue weighted by molar-refractivity contribution is 14.1. The molecule has 0 N–H and O–H groups in total. The molecule has 7 heteroatoms. The van der Waals surface area contributed by atoms with Crippen LogP contribution in [0.1, 0.15) is 13.8 Å². The molecule has 1 fully saturated rings. The Labute approximate surface area is 124 Å². The van der Waals surface area contributed by atoms with E-state index in [-0.39, 0.29) is 3.92 Å². The lowest BCUT2D eigenvalue weighted by Gasteiger charge is -2.52. The van der Waals surface area contributed by atoms with E-state index in [0.717, 1.165) is 0 Å². The van der Waals surface area contributed by atoms with Gasteiger partial charge in [0.15, 0.2) is 6.23 Å². The summed E-state index contributed by atoms with van der Waals surface area (Å²) in [6.07, 6.45) is 1.61. The van der Waals surface area contributed by atoms with Crippen molar-refractivity contribution >= 4 is 34.7 Å². The van der Waals surface area contributed by atoms with Gasteiger partial charge in [0, 0.05) is 6.20 Å². The zero-order chi connectivity index (χ0) is 14.4.